The van der Waals surface area contributed by atoms with E-state index in [2.05, 4.69) is 20.0 Å². The lowest BCUT2D eigenvalue weighted by Crippen LogP contribution is -2.45. The van der Waals surface area contributed by atoms with Gasteiger partial charge in [-0.25, -0.2) is 4.98 Å². The molecule has 2 aromatic heterocycles. The molecule has 9 heteroatoms. The molecule has 0 fully saturated rings. The van der Waals surface area contributed by atoms with Gasteiger partial charge in [0.25, 0.3) is 0 Å². The highest BCUT2D eigenvalue weighted by molar-refractivity contribution is 7.21. The van der Waals surface area contributed by atoms with Crippen molar-refractivity contribution in [1.29, 1.82) is 0 Å². The number of alkyl halides is 3. The van der Waals surface area contributed by atoms with E-state index in [1.807, 2.05) is 6.07 Å². The monoisotopic (exact) mass is 365 g/mol. The number of nitrogens with zero attached hydrogens (tertiary/aromatic N) is 3. The molecule has 1 aliphatic rings. The summed E-state index contributed by atoms with van der Waals surface area (Å²) in [6.07, 6.45) is -2.30. The molecular weight excluding hydrogens is 355 g/mol. The minimum atomic E-state index is -4.91. The van der Waals surface area contributed by atoms with E-state index in [-0.39, 0.29) is 5.71 Å². The van der Waals surface area contributed by atoms with Crippen LogP contribution in [-0.4, -0.2) is 32.7 Å². The van der Waals surface area contributed by atoms with Gasteiger partial charge in [0.05, 0.1) is 23.0 Å². The van der Waals surface area contributed by atoms with Gasteiger partial charge in [0, 0.05) is 11.8 Å². The van der Waals surface area contributed by atoms with Gasteiger partial charge < -0.3 is 9.94 Å². The number of aromatic nitrogens is 2. The summed E-state index contributed by atoms with van der Waals surface area (Å²) in [6, 6.07) is 8.61. The van der Waals surface area contributed by atoms with Crippen molar-refractivity contribution >= 4 is 27.3 Å². The molecule has 128 valence electrons. The van der Waals surface area contributed by atoms with Gasteiger partial charge in [0.2, 0.25) is 0 Å². The standard InChI is InChI=1S/C16H10F3N3O2S/c17-16(18,19)15(23)7-11(22-24-15)9-1-3-10(4-2-9)14-21-12-8-20-6-5-13(12)25-14/h1-6,8,23H,7H2. The molecule has 0 spiro atoms. The van der Waals surface area contributed by atoms with Crippen LogP contribution in [0.3, 0.4) is 0 Å². The molecule has 0 radical (unpaired) electrons. The van der Waals surface area contributed by atoms with Crippen LogP contribution in [-0.2, 0) is 4.84 Å². The zero-order valence-electron chi connectivity index (χ0n) is 12.5. The number of hydrogen-bond donors (Lipinski definition) is 1. The molecular formula is C16H10F3N3O2S. The minimum Gasteiger partial charge on any atom is -0.350 e. The van der Waals surface area contributed by atoms with E-state index in [0.717, 1.165) is 20.8 Å². The van der Waals surface area contributed by atoms with E-state index in [1.165, 1.54) is 11.3 Å². The van der Waals surface area contributed by atoms with Crippen LogP contribution in [0.25, 0.3) is 20.8 Å². The van der Waals surface area contributed by atoms with E-state index < -0.39 is 18.4 Å². The molecule has 3 aromatic rings. The van der Waals surface area contributed by atoms with E-state index in [1.54, 1.807) is 36.7 Å². The molecule has 1 N–H and O–H groups in total. The molecule has 0 saturated heterocycles. The zero-order valence-corrected chi connectivity index (χ0v) is 13.3. The number of thiazole rings is 1. The first-order chi connectivity index (χ1) is 11.9. The first-order valence-electron chi connectivity index (χ1n) is 7.21. The minimum absolute atomic E-state index is 0.0416. The van der Waals surface area contributed by atoms with E-state index in [0.29, 0.717) is 5.56 Å². The van der Waals surface area contributed by atoms with Crippen LogP contribution in [0.15, 0.2) is 47.9 Å². The highest BCUT2D eigenvalue weighted by atomic mass is 32.1. The smallest absolute Gasteiger partial charge is 0.350 e. The molecule has 1 atom stereocenters. The van der Waals surface area contributed by atoms with Crippen molar-refractivity contribution in [2.24, 2.45) is 5.16 Å². The summed E-state index contributed by atoms with van der Waals surface area (Å²) < 4.78 is 39.3. The van der Waals surface area contributed by atoms with Crippen molar-refractivity contribution in [3.8, 4) is 10.6 Å². The van der Waals surface area contributed by atoms with Crippen molar-refractivity contribution in [3.63, 3.8) is 0 Å². The second-order valence-electron chi connectivity index (χ2n) is 5.53. The summed E-state index contributed by atoms with van der Waals surface area (Å²) in [7, 11) is 0. The fourth-order valence-electron chi connectivity index (χ4n) is 2.44. The number of pyridine rings is 1. The second kappa shape index (κ2) is 5.50. The summed E-state index contributed by atoms with van der Waals surface area (Å²) in [5, 5.41) is 13.7. The van der Waals surface area contributed by atoms with Crippen molar-refractivity contribution in [3.05, 3.63) is 48.3 Å². The SMILES string of the molecule is OC1(C(F)(F)F)CC(c2ccc(-c3nc4cnccc4s3)cc2)=NO1. The number of oxime groups is 1. The molecule has 0 aliphatic carbocycles. The molecule has 1 aliphatic heterocycles. The fraction of sp³-hybridized carbons (Fsp3) is 0.188. The average Bonchev–Trinajstić information content (AvgIpc) is 3.19. The van der Waals surface area contributed by atoms with Gasteiger partial charge in [-0.1, -0.05) is 29.4 Å². The predicted octanol–water partition coefficient (Wildman–Crippen LogP) is 3.73. The fourth-order valence-corrected chi connectivity index (χ4v) is 3.38. The van der Waals surface area contributed by atoms with Gasteiger partial charge in [0.15, 0.2) is 0 Å². The van der Waals surface area contributed by atoms with Gasteiger partial charge in [0.1, 0.15) is 10.5 Å². The Kier molecular flexibility index (Phi) is 3.51. The Morgan fingerprint density at radius 1 is 1.12 bits per heavy atom. The Balaban J connectivity index is 1.59. The third-order valence-electron chi connectivity index (χ3n) is 3.81. The maximum absolute atomic E-state index is 12.8. The van der Waals surface area contributed by atoms with Gasteiger partial charge in [-0.3, -0.25) is 4.98 Å². The Morgan fingerprint density at radius 2 is 1.84 bits per heavy atom. The number of hydrogen-bond acceptors (Lipinski definition) is 6. The lowest BCUT2D eigenvalue weighted by molar-refractivity contribution is -0.355. The molecule has 3 heterocycles. The normalized spacial score (nSPS) is 20.6. The Hall–Kier alpha value is -2.52. The number of benzene rings is 1. The second-order valence-corrected chi connectivity index (χ2v) is 6.56. The number of rotatable bonds is 2. The topological polar surface area (TPSA) is 67.6 Å². The van der Waals surface area contributed by atoms with Crippen LogP contribution in [0, 0.1) is 0 Å². The molecule has 0 bridgehead atoms. The zero-order chi connectivity index (χ0) is 17.7. The lowest BCUT2D eigenvalue weighted by atomic mass is 10.0. The van der Waals surface area contributed by atoms with Crippen LogP contribution >= 0.6 is 11.3 Å². The maximum atomic E-state index is 12.8. The number of aliphatic hydroxyl groups is 1. The highest BCUT2D eigenvalue weighted by Crippen LogP contribution is 2.39. The Labute approximate surface area is 143 Å². The molecule has 25 heavy (non-hydrogen) atoms. The van der Waals surface area contributed by atoms with Gasteiger partial charge in [-0.05, 0) is 11.6 Å². The van der Waals surface area contributed by atoms with Crippen molar-refractivity contribution in [2.45, 2.75) is 18.4 Å². The first kappa shape index (κ1) is 16.0. The van der Waals surface area contributed by atoms with Crippen LogP contribution < -0.4 is 0 Å². The Morgan fingerprint density at radius 3 is 2.48 bits per heavy atom. The largest absolute Gasteiger partial charge is 0.458 e. The van der Waals surface area contributed by atoms with Crippen molar-refractivity contribution in [2.75, 3.05) is 0 Å². The average molecular weight is 365 g/mol. The van der Waals surface area contributed by atoms with Crippen molar-refractivity contribution in [1.82, 2.24) is 9.97 Å². The van der Waals surface area contributed by atoms with E-state index in [4.69, 9.17) is 0 Å². The Bertz CT molecular complexity index is 936. The third-order valence-corrected chi connectivity index (χ3v) is 4.90. The van der Waals surface area contributed by atoms with Gasteiger partial charge >= 0.3 is 12.0 Å². The van der Waals surface area contributed by atoms with E-state index in [9.17, 15) is 18.3 Å². The summed E-state index contributed by atoms with van der Waals surface area (Å²) in [5.41, 5.74) is 2.11. The van der Waals surface area contributed by atoms with Crippen LogP contribution in [0.2, 0.25) is 0 Å². The van der Waals surface area contributed by atoms with Gasteiger partial charge in [-0.15, -0.1) is 11.3 Å². The van der Waals surface area contributed by atoms with Crippen LogP contribution in [0.5, 0.6) is 0 Å². The third kappa shape index (κ3) is 2.75. The predicted molar refractivity (Wildman–Crippen MR) is 86.1 cm³/mol. The molecule has 1 unspecified atom stereocenters. The number of fused-ring (bicyclic) bond motifs is 1. The number of halogens is 3. The quantitative estimate of drug-likeness (QED) is 0.751. The lowest BCUT2D eigenvalue weighted by Gasteiger charge is -2.22. The van der Waals surface area contributed by atoms with Crippen LogP contribution in [0.4, 0.5) is 13.2 Å². The molecule has 1 aromatic carbocycles. The molecule has 5 nitrogen and oxygen atoms in total. The summed E-state index contributed by atoms with van der Waals surface area (Å²) in [6.45, 7) is 0. The maximum Gasteiger partial charge on any atom is 0.458 e. The highest BCUT2D eigenvalue weighted by Gasteiger charge is 2.60. The summed E-state index contributed by atoms with van der Waals surface area (Å²) >= 11 is 1.50. The molecule has 0 saturated carbocycles. The molecule has 0 amide bonds. The van der Waals surface area contributed by atoms with Crippen LogP contribution in [0.1, 0.15) is 12.0 Å². The van der Waals surface area contributed by atoms with Gasteiger partial charge in [-0.2, -0.15) is 13.2 Å². The summed E-state index contributed by atoms with van der Waals surface area (Å²) in [5.74, 6) is -3.26. The summed E-state index contributed by atoms with van der Waals surface area (Å²) in [4.78, 5) is 12.7. The van der Waals surface area contributed by atoms with Crippen molar-refractivity contribution < 1.29 is 23.1 Å². The first-order valence-corrected chi connectivity index (χ1v) is 8.03. The molecule has 4 rings (SSSR count). The van der Waals surface area contributed by atoms with E-state index >= 15 is 0 Å².